The van der Waals surface area contributed by atoms with E-state index in [-0.39, 0.29) is 34.7 Å². The van der Waals surface area contributed by atoms with Crippen molar-refractivity contribution in [1.82, 2.24) is 0 Å². The van der Waals surface area contributed by atoms with Crippen LogP contribution in [0, 0.1) is 63.6 Å². The second kappa shape index (κ2) is 41.5. The summed E-state index contributed by atoms with van der Waals surface area (Å²) in [6, 6.07) is 28.0. The number of benzene rings is 3. The Labute approximate surface area is 232 Å². The van der Waals surface area contributed by atoms with E-state index >= 15 is 0 Å². The molecule has 3 aromatic rings. The van der Waals surface area contributed by atoms with Crippen LogP contribution in [0.5, 0.6) is 0 Å². The topological polar surface area (TPSA) is 119 Å². The first-order valence-electron chi connectivity index (χ1n) is 8.37. The molecule has 6 nitrogen and oxygen atoms in total. The Morgan fingerprint density at radius 1 is 0.333 bits per heavy atom. The molecule has 0 spiro atoms. The first-order valence-corrected chi connectivity index (χ1v) is 8.37. The van der Waals surface area contributed by atoms with Gasteiger partial charge in [-0.1, -0.05) is 72.2 Å². The van der Waals surface area contributed by atoms with E-state index in [0.717, 1.165) is 22.3 Å². The molecule has 3 rings (SSSR count). The molecule has 0 aliphatic rings. The molecule has 0 aromatic heterocycles. The third-order valence-corrected chi connectivity index (χ3v) is 3.16. The molecule has 0 heterocycles. The Balaban J connectivity index is -0.000000142. The van der Waals surface area contributed by atoms with Crippen LogP contribution in [0.2, 0.25) is 0 Å². The average molecular weight is 550 g/mol. The normalized spacial score (nSPS) is 5.89. The van der Waals surface area contributed by atoms with Crippen LogP contribution < -0.4 is 0 Å². The first-order chi connectivity index (χ1) is 16.9. The van der Waals surface area contributed by atoms with Gasteiger partial charge in [-0.05, 0) is 36.4 Å². The molecule has 0 amide bonds. The van der Waals surface area contributed by atoms with Crippen LogP contribution in [0.1, 0.15) is 22.3 Å². The molecular weight excluding hydrogens is 536 g/mol. The number of rotatable bonds is 0. The Morgan fingerprint density at radius 2 is 0.556 bits per heavy atom. The first kappa shape index (κ1) is 45.7. The summed E-state index contributed by atoms with van der Waals surface area (Å²) in [5.41, 5.74) is 3.92. The molecule has 0 saturated carbocycles. The fraction of sp³-hybridized carbons (Fsp3) is 0. The van der Waals surface area contributed by atoms with Gasteiger partial charge < -0.3 is 0 Å². The quantitative estimate of drug-likeness (QED) is 0.226. The van der Waals surface area contributed by atoms with Gasteiger partial charge in [0.1, 0.15) is 0 Å². The van der Waals surface area contributed by atoms with Crippen LogP contribution in [0.3, 0.4) is 0 Å². The van der Waals surface area contributed by atoms with Crippen LogP contribution in [-0.4, -0.2) is 0 Å². The molecule has 0 N–H and O–H groups in total. The number of hydrogen-bond acceptors (Lipinski definition) is 0. The zero-order valence-corrected chi connectivity index (χ0v) is 20.9. The molecule has 174 valence electrons. The third-order valence-electron chi connectivity index (χ3n) is 3.16. The van der Waals surface area contributed by atoms with Gasteiger partial charge in [-0.15, -0.1) is 0 Å². The van der Waals surface area contributed by atoms with Crippen molar-refractivity contribution in [2.24, 2.45) is 0 Å². The smallest absolute Gasteiger partial charge is 0 e. The monoisotopic (exact) mass is 550 g/mol. The van der Waals surface area contributed by atoms with E-state index in [2.05, 4.69) is 63.6 Å². The van der Waals surface area contributed by atoms with Crippen molar-refractivity contribution in [3.8, 4) is 23.7 Å². The van der Waals surface area contributed by atoms with Crippen molar-refractivity contribution in [3.63, 3.8) is 0 Å². The zero-order chi connectivity index (χ0) is 27.0. The molecule has 0 bridgehead atoms. The van der Waals surface area contributed by atoms with Gasteiger partial charge in [0.25, 0.3) is 0 Å². The van der Waals surface area contributed by atoms with Crippen molar-refractivity contribution >= 4 is 0 Å². The number of hydrogen-bond donors (Lipinski definition) is 0. The molecular formula is C28H14Cr2O6. The Morgan fingerprint density at radius 3 is 0.806 bits per heavy atom. The predicted molar refractivity (Wildman–Crippen MR) is 115 cm³/mol. The van der Waals surface area contributed by atoms with Crippen LogP contribution in [-0.2, 0) is 62.6 Å². The summed E-state index contributed by atoms with van der Waals surface area (Å²) >= 11 is 0. The molecule has 0 aliphatic carbocycles. The summed E-state index contributed by atoms with van der Waals surface area (Å²) < 4.78 is 45.0. The van der Waals surface area contributed by atoms with E-state index in [1.54, 1.807) is 0 Å². The standard InChI is InChI=1S/C22H14.6CO.2Cr/c1-3-9-19(10-4-1)15-17-21-13-7-8-14-22(21)18-16-20-11-5-2-6-12-20;6*1-2;;/h1-14H;;;;;;;;. The fourth-order valence-electron chi connectivity index (χ4n) is 2.02. The van der Waals surface area contributed by atoms with Gasteiger partial charge in [0, 0.05) is 57.0 Å². The van der Waals surface area contributed by atoms with Crippen molar-refractivity contribution in [3.05, 3.63) is 147 Å². The minimum Gasteiger partial charge on any atom is 0 e. The Hall–Kier alpha value is -3.72. The van der Waals surface area contributed by atoms with Crippen LogP contribution >= 0.6 is 0 Å². The minimum absolute atomic E-state index is 0. The molecule has 0 saturated heterocycles. The van der Waals surface area contributed by atoms with E-state index < -0.39 is 0 Å². The largest absolute Gasteiger partial charge is 0 e. The van der Waals surface area contributed by atoms with Gasteiger partial charge in [-0.2, -0.15) is 0 Å². The van der Waals surface area contributed by atoms with Crippen molar-refractivity contribution in [1.29, 1.82) is 0 Å². The fourth-order valence-corrected chi connectivity index (χ4v) is 2.02. The summed E-state index contributed by atoms with van der Waals surface area (Å²) in [5, 5.41) is 0. The Kier molecular flexibility index (Phi) is 52.8. The molecule has 0 aliphatic heterocycles. The molecule has 3 aromatic carbocycles. The van der Waals surface area contributed by atoms with Gasteiger partial charge in [0.05, 0.1) is 0 Å². The summed E-state index contributed by atoms with van der Waals surface area (Å²) in [6.07, 6.45) is 0. The molecule has 8 heteroatoms. The van der Waals surface area contributed by atoms with E-state index in [1.807, 2.05) is 84.9 Å². The van der Waals surface area contributed by atoms with E-state index in [1.165, 1.54) is 0 Å². The van der Waals surface area contributed by atoms with Gasteiger partial charge >= 0.3 is 67.8 Å². The molecule has 0 atom stereocenters. The summed E-state index contributed by atoms with van der Waals surface area (Å²) in [5.74, 6) is 12.8. The van der Waals surface area contributed by atoms with Crippen molar-refractivity contribution in [2.75, 3.05) is 0 Å². The van der Waals surface area contributed by atoms with Crippen molar-refractivity contribution < 1.29 is 62.6 Å². The van der Waals surface area contributed by atoms with Crippen LogP contribution in [0.15, 0.2) is 84.9 Å². The van der Waals surface area contributed by atoms with E-state index in [4.69, 9.17) is 27.9 Å². The Bertz CT molecular complexity index is 1030. The van der Waals surface area contributed by atoms with Gasteiger partial charge in [0.15, 0.2) is 0 Å². The third kappa shape index (κ3) is 23.4. The second-order valence-electron chi connectivity index (χ2n) is 4.78. The average Bonchev–Trinajstić information content (AvgIpc) is 2.99. The SMILES string of the molecule is C(#Cc1ccccc1C#Cc1ccccc1)c1ccccc1.[C-]#[O+].[C-]#[O+].[C-]#[O+].[C-]#[O+].[C-]#[O+].[C-]#[O+].[Cr].[Cr]. The minimum atomic E-state index is 0. The predicted octanol–water partition coefficient (Wildman–Crippen LogP) is 4.26. The van der Waals surface area contributed by atoms with Crippen LogP contribution in [0.4, 0.5) is 0 Å². The second-order valence-corrected chi connectivity index (χ2v) is 4.78. The summed E-state index contributed by atoms with van der Waals surface area (Å²) in [7, 11) is 0. The van der Waals surface area contributed by atoms with Gasteiger partial charge in [-0.25, -0.2) is 0 Å². The summed E-state index contributed by atoms with van der Waals surface area (Å²) in [4.78, 5) is 0. The van der Waals surface area contributed by atoms with Gasteiger partial charge in [0.2, 0.25) is 0 Å². The molecule has 0 radical (unpaired) electrons. The zero-order valence-electron chi connectivity index (χ0n) is 18.3. The maximum absolute atomic E-state index is 7.50. The van der Waals surface area contributed by atoms with Crippen LogP contribution in [0.25, 0.3) is 0 Å². The molecule has 36 heavy (non-hydrogen) atoms. The van der Waals surface area contributed by atoms with E-state index in [0.29, 0.717) is 0 Å². The maximum atomic E-state index is 7.50. The molecule has 0 fully saturated rings. The molecule has 0 unspecified atom stereocenters. The van der Waals surface area contributed by atoms with E-state index in [9.17, 15) is 0 Å². The van der Waals surface area contributed by atoms with Crippen molar-refractivity contribution in [2.45, 2.75) is 0 Å². The summed E-state index contributed by atoms with van der Waals surface area (Å²) in [6.45, 7) is 27.0. The van der Waals surface area contributed by atoms with Gasteiger partial charge in [-0.3, -0.25) is 0 Å². The maximum Gasteiger partial charge on any atom is 0 e.